The van der Waals surface area contributed by atoms with Gasteiger partial charge in [-0.3, -0.25) is 0 Å². The van der Waals surface area contributed by atoms with Crippen molar-refractivity contribution in [3.05, 3.63) is 48.5 Å². The lowest BCUT2D eigenvalue weighted by molar-refractivity contribution is 0.136. The van der Waals surface area contributed by atoms with E-state index in [0.29, 0.717) is 24.5 Å². The summed E-state index contributed by atoms with van der Waals surface area (Å²) in [6.07, 6.45) is 5.33. The SMILES string of the molecule is O=C(Nc1ccc(F)c(-n2cccc2)c1)N1CCC[C@@H](CO)C1. The first-order valence-electron chi connectivity index (χ1n) is 7.77. The highest BCUT2D eigenvalue weighted by Crippen LogP contribution is 2.21. The van der Waals surface area contributed by atoms with Crippen molar-refractivity contribution in [2.24, 2.45) is 5.92 Å². The zero-order valence-electron chi connectivity index (χ0n) is 12.8. The molecule has 3 rings (SSSR count). The van der Waals surface area contributed by atoms with Crippen molar-refractivity contribution in [2.45, 2.75) is 12.8 Å². The number of aromatic nitrogens is 1. The van der Waals surface area contributed by atoms with Gasteiger partial charge in [0.2, 0.25) is 0 Å². The molecule has 0 unspecified atom stereocenters. The van der Waals surface area contributed by atoms with Crippen LogP contribution in [0.15, 0.2) is 42.7 Å². The Bertz CT molecular complexity index is 672. The van der Waals surface area contributed by atoms with Crippen LogP contribution < -0.4 is 5.32 Å². The number of urea groups is 1. The fraction of sp³-hybridized carbons (Fsp3) is 0.353. The molecule has 2 aromatic rings. The molecule has 0 spiro atoms. The number of halogens is 1. The highest BCUT2D eigenvalue weighted by molar-refractivity contribution is 5.89. The molecule has 1 aliphatic heterocycles. The number of aliphatic hydroxyl groups excluding tert-OH is 1. The summed E-state index contributed by atoms with van der Waals surface area (Å²) >= 11 is 0. The van der Waals surface area contributed by atoms with Gasteiger partial charge in [-0.2, -0.15) is 0 Å². The van der Waals surface area contributed by atoms with Gasteiger partial charge in [0.1, 0.15) is 5.82 Å². The van der Waals surface area contributed by atoms with E-state index in [-0.39, 0.29) is 24.4 Å². The third-order valence-corrected chi connectivity index (χ3v) is 4.14. The maximum Gasteiger partial charge on any atom is 0.321 e. The van der Waals surface area contributed by atoms with Gasteiger partial charge in [-0.15, -0.1) is 0 Å². The normalized spacial score (nSPS) is 18.0. The Morgan fingerprint density at radius 3 is 2.87 bits per heavy atom. The number of rotatable bonds is 3. The lowest BCUT2D eigenvalue weighted by Crippen LogP contribution is -2.43. The summed E-state index contributed by atoms with van der Waals surface area (Å²) in [6, 6.07) is 7.92. The second-order valence-corrected chi connectivity index (χ2v) is 5.82. The first-order valence-corrected chi connectivity index (χ1v) is 7.77. The summed E-state index contributed by atoms with van der Waals surface area (Å²) < 4.78 is 15.6. The van der Waals surface area contributed by atoms with Crippen LogP contribution >= 0.6 is 0 Å². The molecule has 0 bridgehead atoms. The number of amides is 2. The molecule has 2 N–H and O–H groups in total. The van der Waals surface area contributed by atoms with Gasteiger partial charge in [0.15, 0.2) is 0 Å². The Balaban J connectivity index is 1.73. The predicted octanol–water partition coefficient (Wildman–Crippen LogP) is 2.85. The number of carbonyl (C=O) groups excluding carboxylic acids is 1. The Morgan fingerprint density at radius 1 is 1.35 bits per heavy atom. The van der Waals surface area contributed by atoms with Gasteiger partial charge < -0.3 is 19.9 Å². The molecule has 6 heteroatoms. The lowest BCUT2D eigenvalue weighted by Gasteiger charge is -2.31. The summed E-state index contributed by atoms with van der Waals surface area (Å²) in [5.41, 5.74) is 0.936. The lowest BCUT2D eigenvalue weighted by atomic mass is 9.99. The summed E-state index contributed by atoms with van der Waals surface area (Å²) in [6.45, 7) is 1.32. The van der Waals surface area contributed by atoms with E-state index in [4.69, 9.17) is 0 Å². The minimum atomic E-state index is -0.350. The molecule has 23 heavy (non-hydrogen) atoms. The molecule has 2 heterocycles. The third kappa shape index (κ3) is 3.53. The van der Waals surface area contributed by atoms with Gasteiger partial charge in [0, 0.05) is 37.8 Å². The van der Waals surface area contributed by atoms with Crippen molar-refractivity contribution in [3.8, 4) is 5.69 Å². The van der Waals surface area contributed by atoms with Gasteiger partial charge in [0.25, 0.3) is 0 Å². The summed E-state index contributed by atoms with van der Waals surface area (Å²) in [5.74, 6) is -0.212. The summed E-state index contributed by atoms with van der Waals surface area (Å²) in [5, 5.41) is 12.1. The molecular weight excluding hydrogens is 297 g/mol. The number of hydrogen-bond donors (Lipinski definition) is 2. The molecule has 2 amide bonds. The van der Waals surface area contributed by atoms with Gasteiger partial charge >= 0.3 is 6.03 Å². The second-order valence-electron chi connectivity index (χ2n) is 5.82. The molecule has 0 radical (unpaired) electrons. The summed E-state index contributed by atoms with van der Waals surface area (Å²) in [7, 11) is 0. The topological polar surface area (TPSA) is 57.5 Å². The summed E-state index contributed by atoms with van der Waals surface area (Å²) in [4.78, 5) is 14.0. The van der Waals surface area contributed by atoms with Crippen molar-refractivity contribution in [1.82, 2.24) is 9.47 Å². The number of piperidine rings is 1. The highest BCUT2D eigenvalue weighted by atomic mass is 19.1. The van der Waals surface area contributed by atoms with Crippen LogP contribution in [0, 0.1) is 11.7 Å². The smallest absolute Gasteiger partial charge is 0.321 e. The van der Waals surface area contributed by atoms with E-state index < -0.39 is 0 Å². The number of hydrogen-bond acceptors (Lipinski definition) is 2. The average molecular weight is 317 g/mol. The first kappa shape index (κ1) is 15.6. The average Bonchev–Trinajstić information content (AvgIpc) is 3.11. The number of carbonyl (C=O) groups is 1. The van der Waals surface area contributed by atoms with Crippen LogP contribution in [0.4, 0.5) is 14.9 Å². The van der Waals surface area contributed by atoms with Gasteiger partial charge in [0.05, 0.1) is 5.69 Å². The first-order chi connectivity index (χ1) is 11.2. The van der Waals surface area contributed by atoms with Gasteiger partial charge in [-0.25, -0.2) is 9.18 Å². The van der Waals surface area contributed by atoms with E-state index in [1.54, 1.807) is 34.0 Å². The van der Waals surface area contributed by atoms with Crippen molar-refractivity contribution in [2.75, 3.05) is 25.0 Å². The highest BCUT2D eigenvalue weighted by Gasteiger charge is 2.23. The van der Waals surface area contributed by atoms with Crippen molar-refractivity contribution >= 4 is 11.7 Å². The van der Waals surface area contributed by atoms with E-state index in [2.05, 4.69) is 5.32 Å². The van der Waals surface area contributed by atoms with Crippen LogP contribution in [0.5, 0.6) is 0 Å². The molecule has 1 aliphatic rings. The number of benzene rings is 1. The molecule has 1 saturated heterocycles. The maximum absolute atomic E-state index is 14.0. The van der Waals surface area contributed by atoms with Crippen LogP contribution in [-0.2, 0) is 0 Å². The van der Waals surface area contributed by atoms with Crippen LogP contribution in [0.2, 0.25) is 0 Å². The quantitative estimate of drug-likeness (QED) is 0.914. The molecule has 0 aliphatic carbocycles. The minimum absolute atomic E-state index is 0.0953. The number of nitrogens with one attached hydrogen (secondary N) is 1. The number of anilines is 1. The van der Waals surface area contributed by atoms with Crippen molar-refractivity contribution < 1.29 is 14.3 Å². The van der Waals surface area contributed by atoms with E-state index in [1.165, 1.54) is 6.07 Å². The Kier molecular flexibility index (Phi) is 4.62. The number of aliphatic hydroxyl groups is 1. The van der Waals surface area contributed by atoms with Crippen LogP contribution in [-0.4, -0.2) is 40.3 Å². The monoisotopic (exact) mass is 317 g/mol. The zero-order chi connectivity index (χ0) is 16.2. The van der Waals surface area contributed by atoms with Crippen molar-refractivity contribution in [3.63, 3.8) is 0 Å². The van der Waals surface area contributed by atoms with E-state index in [0.717, 1.165) is 12.8 Å². The van der Waals surface area contributed by atoms with Crippen LogP contribution in [0.25, 0.3) is 5.69 Å². The Morgan fingerprint density at radius 2 is 2.13 bits per heavy atom. The van der Waals surface area contributed by atoms with E-state index in [1.807, 2.05) is 12.1 Å². The third-order valence-electron chi connectivity index (χ3n) is 4.14. The van der Waals surface area contributed by atoms with E-state index in [9.17, 15) is 14.3 Å². The molecule has 0 saturated carbocycles. The van der Waals surface area contributed by atoms with Crippen LogP contribution in [0.1, 0.15) is 12.8 Å². The van der Waals surface area contributed by atoms with Crippen LogP contribution in [0.3, 0.4) is 0 Å². The van der Waals surface area contributed by atoms with Gasteiger partial charge in [-0.1, -0.05) is 0 Å². The molecular formula is C17H20FN3O2. The predicted molar refractivity (Wildman–Crippen MR) is 86.1 cm³/mol. The fourth-order valence-corrected chi connectivity index (χ4v) is 2.88. The Labute approximate surface area is 134 Å². The van der Waals surface area contributed by atoms with Gasteiger partial charge in [-0.05, 0) is 49.1 Å². The second kappa shape index (κ2) is 6.83. The zero-order valence-corrected chi connectivity index (χ0v) is 12.8. The standard InChI is InChI=1S/C17H20FN3O2/c18-15-6-5-14(10-16(15)20-7-1-2-8-20)19-17(23)21-9-3-4-13(11-21)12-22/h1-2,5-8,10,13,22H,3-4,9,11-12H2,(H,19,23)/t13-/m1/s1. The van der Waals surface area contributed by atoms with Crippen molar-refractivity contribution in [1.29, 1.82) is 0 Å². The number of likely N-dealkylation sites (tertiary alicyclic amines) is 1. The molecule has 1 atom stereocenters. The Hall–Kier alpha value is -2.34. The molecule has 1 aromatic heterocycles. The molecule has 1 fully saturated rings. The molecule has 122 valence electrons. The largest absolute Gasteiger partial charge is 0.396 e. The maximum atomic E-state index is 14.0. The fourth-order valence-electron chi connectivity index (χ4n) is 2.88. The molecule has 5 nitrogen and oxygen atoms in total. The van der Waals surface area contributed by atoms with E-state index >= 15 is 0 Å². The molecule has 1 aromatic carbocycles. The number of nitrogens with zero attached hydrogens (tertiary/aromatic N) is 2. The minimum Gasteiger partial charge on any atom is -0.396 e.